The zero-order valence-corrected chi connectivity index (χ0v) is 12.3. The second kappa shape index (κ2) is 5.79. The molecule has 1 N–H and O–H groups in total. The van der Waals surface area contributed by atoms with E-state index in [0.29, 0.717) is 11.5 Å². The summed E-state index contributed by atoms with van der Waals surface area (Å²) in [5.74, 6) is 1.30. The minimum absolute atomic E-state index is 0.129. The summed E-state index contributed by atoms with van der Waals surface area (Å²) >= 11 is 1.57. The second-order valence-electron chi connectivity index (χ2n) is 5.48. The molecule has 2 heterocycles. The summed E-state index contributed by atoms with van der Waals surface area (Å²) in [6.07, 6.45) is 4.49. The average molecular weight is 290 g/mol. The predicted molar refractivity (Wildman–Crippen MR) is 78.7 cm³/mol. The molecule has 0 bridgehead atoms. The first-order valence-electron chi connectivity index (χ1n) is 7.04. The fourth-order valence-electron chi connectivity index (χ4n) is 2.58. The third kappa shape index (κ3) is 2.93. The van der Waals surface area contributed by atoms with Gasteiger partial charge in [0.2, 0.25) is 0 Å². The summed E-state index contributed by atoms with van der Waals surface area (Å²) in [4.78, 5) is 13.1. The molecule has 1 fully saturated rings. The lowest BCUT2D eigenvalue weighted by Crippen LogP contribution is -2.37. The van der Waals surface area contributed by atoms with Gasteiger partial charge in [-0.3, -0.25) is 4.79 Å². The van der Waals surface area contributed by atoms with Crippen LogP contribution in [0.25, 0.3) is 10.6 Å². The number of hydrogen-bond donors (Lipinski definition) is 1. The first-order valence-corrected chi connectivity index (χ1v) is 7.92. The van der Waals surface area contributed by atoms with Gasteiger partial charge < -0.3 is 9.84 Å². The number of carbonyl (C=O) groups is 1. The van der Waals surface area contributed by atoms with E-state index in [-0.39, 0.29) is 11.9 Å². The Morgan fingerprint density at radius 1 is 1.40 bits per heavy atom. The quantitative estimate of drug-likeness (QED) is 0.937. The zero-order chi connectivity index (χ0) is 13.9. The molecule has 1 saturated carbocycles. The van der Waals surface area contributed by atoms with Crippen molar-refractivity contribution in [3.63, 3.8) is 0 Å². The molecule has 3 rings (SSSR count). The van der Waals surface area contributed by atoms with Crippen LogP contribution in [0, 0.1) is 5.92 Å². The molecule has 2 aromatic rings. The summed E-state index contributed by atoms with van der Waals surface area (Å²) in [5, 5.41) is 8.90. The lowest BCUT2D eigenvalue weighted by atomic mass is 9.87. The molecule has 4 nitrogen and oxygen atoms in total. The van der Waals surface area contributed by atoms with Crippen LogP contribution in [0.2, 0.25) is 0 Å². The average Bonchev–Trinajstić information content (AvgIpc) is 3.11. The summed E-state index contributed by atoms with van der Waals surface area (Å²) in [6, 6.07) is 5.90. The van der Waals surface area contributed by atoms with E-state index in [0.717, 1.165) is 23.6 Å². The Hall–Kier alpha value is -1.62. The van der Waals surface area contributed by atoms with Crippen molar-refractivity contribution in [2.75, 3.05) is 0 Å². The Morgan fingerprint density at radius 3 is 2.90 bits per heavy atom. The molecule has 0 radical (unpaired) electrons. The Labute approximate surface area is 122 Å². The van der Waals surface area contributed by atoms with Crippen LogP contribution in [-0.4, -0.2) is 17.1 Å². The lowest BCUT2D eigenvalue weighted by Gasteiger charge is -2.26. The number of aromatic nitrogens is 1. The summed E-state index contributed by atoms with van der Waals surface area (Å²) in [6.45, 7) is 2.27. The van der Waals surface area contributed by atoms with E-state index >= 15 is 0 Å². The smallest absolute Gasteiger partial charge is 0.273 e. The van der Waals surface area contributed by atoms with Crippen LogP contribution in [0.1, 0.15) is 43.1 Å². The van der Waals surface area contributed by atoms with Gasteiger partial charge >= 0.3 is 0 Å². The molecule has 5 heteroatoms. The highest BCUT2D eigenvalue weighted by Crippen LogP contribution is 2.26. The number of hydrogen-bond acceptors (Lipinski definition) is 4. The molecule has 0 spiro atoms. The van der Waals surface area contributed by atoms with Gasteiger partial charge in [0.25, 0.3) is 5.91 Å². The van der Waals surface area contributed by atoms with E-state index < -0.39 is 0 Å². The second-order valence-corrected chi connectivity index (χ2v) is 6.43. The first-order chi connectivity index (χ1) is 9.72. The van der Waals surface area contributed by atoms with E-state index in [4.69, 9.17) is 4.52 Å². The maximum Gasteiger partial charge on any atom is 0.273 e. The van der Waals surface area contributed by atoms with E-state index in [9.17, 15) is 4.79 Å². The molecule has 1 aliphatic carbocycles. The van der Waals surface area contributed by atoms with Gasteiger partial charge in [-0.25, -0.2) is 0 Å². The van der Waals surface area contributed by atoms with Gasteiger partial charge in [-0.2, -0.15) is 0 Å². The van der Waals surface area contributed by atoms with Gasteiger partial charge in [0, 0.05) is 12.1 Å². The molecule has 0 saturated heterocycles. The van der Waals surface area contributed by atoms with Gasteiger partial charge in [0.05, 0.1) is 4.88 Å². The highest BCUT2D eigenvalue weighted by molar-refractivity contribution is 7.13. The molecule has 0 aromatic carbocycles. The minimum atomic E-state index is -0.129. The Kier molecular flexibility index (Phi) is 3.87. The zero-order valence-electron chi connectivity index (χ0n) is 11.5. The topological polar surface area (TPSA) is 55.1 Å². The van der Waals surface area contributed by atoms with Crippen molar-refractivity contribution < 1.29 is 9.32 Å². The lowest BCUT2D eigenvalue weighted by molar-refractivity contribution is 0.0914. The number of amides is 1. The van der Waals surface area contributed by atoms with E-state index in [1.165, 1.54) is 12.8 Å². The van der Waals surface area contributed by atoms with Crippen molar-refractivity contribution in [2.45, 2.75) is 38.6 Å². The Bertz CT molecular complexity index is 568. The molecule has 20 heavy (non-hydrogen) atoms. The van der Waals surface area contributed by atoms with E-state index in [1.54, 1.807) is 17.4 Å². The predicted octanol–water partition coefficient (Wildman–Crippen LogP) is 3.71. The van der Waals surface area contributed by atoms with Crippen molar-refractivity contribution >= 4 is 17.2 Å². The van der Waals surface area contributed by atoms with Gasteiger partial charge in [0.15, 0.2) is 11.5 Å². The molecule has 1 aliphatic rings. The maximum atomic E-state index is 12.1. The van der Waals surface area contributed by atoms with Crippen LogP contribution in [0.4, 0.5) is 0 Å². The Balaban J connectivity index is 1.63. The molecule has 1 amide bonds. The summed E-state index contributed by atoms with van der Waals surface area (Å²) in [5.41, 5.74) is 0.368. The molecule has 0 atom stereocenters. The van der Waals surface area contributed by atoms with Crippen molar-refractivity contribution in [3.05, 3.63) is 29.3 Å². The number of thiophene rings is 1. The highest BCUT2D eigenvalue weighted by atomic mass is 32.1. The van der Waals surface area contributed by atoms with Crippen LogP contribution < -0.4 is 5.32 Å². The highest BCUT2D eigenvalue weighted by Gasteiger charge is 2.22. The van der Waals surface area contributed by atoms with Crippen LogP contribution in [0.5, 0.6) is 0 Å². The number of rotatable bonds is 3. The molecule has 0 unspecified atom stereocenters. The summed E-state index contributed by atoms with van der Waals surface area (Å²) in [7, 11) is 0. The number of nitrogens with one attached hydrogen (secondary N) is 1. The van der Waals surface area contributed by atoms with Gasteiger partial charge in [-0.15, -0.1) is 11.3 Å². The number of nitrogens with zero attached hydrogens (tertiary/aromatic N) is 1. The van der Waals surface area contributed by atoms with Gasteiger partial charge in [0.1, 0.15) is 0 Å². The van der Waals surface area contributed by atoms with Crippen molar-refractivity contribution in [3.8, 4) is 10.6 Å². The van der Waals surface area contributed by atoms with Crippen LogP contribution in [0.15, 0.2) is 28.1 Å². The van der Waals surface area contributed by atoms with Crippen LogP contribution in [0.3, 0.4) is 0 Å². The Morgan fingerprint density at radius 2 is 2.20 bits per heavy atom. The van der Waals surface area contributed by atoms with Gasteiger partial charge in [-0.1, -0.05) is 18.1 Å². The molecule has 0 aliphatic heterocycles. The van der Waals surface area contributed by atoms with Crippen molar-refractivity contribution in [2.24, 2.45) is 5.92 Å². The third-order valence-corrected chi connectivity index (χ3v) is 4.74. The van der Waals surface area contributed by atoms with E-state index in [1.807, 2.05) is 17.5 Å². The molecular weight excluding hydrogens is 272 g/mol. The van der Waals surface area contributed by atoms with Crippen molar-refractivity contribution in [1.29, 1.82) is 0 Å². The number of carbonyl (C=O) groups excluding carboxylic acids is 1. The molecular formula is C15H18N2O2S. The standard InChI is InChI=1S/C15H18N2O2S/c1-10-4-6-11(7-5-10)16-15(18)12-9-13(19-17-12)14-3-2-8-20-14/h2-3,8-11H,4-7H2,1H3,(H,16,18). The molecule has 2 aromatic heterocycles. The SMILES string of the molecule is CC1CCC(NC(=O)c2cc(-c3cccs3)on2)CC1. The largest absolute Gasteiger partial charge is 0.355 e. The minimum Gasteiger partial charge on any atom is -0.355 e. The molecule has 106 valence electrons. The van der Waals surface area contributed by atoms with Crippen LogP contribution >= 0.6 is 11.3 Å². The normalized spacial score (nSPS) is 22.6. The fourth-order valence-corrected chi connectivity index (χ4v) is 3.25. The maximum absolute atomic E-state index is 12.1. The first kappa shape index (κ1) is 13.4. The monoisotopic (exact) mass is 290 g/mol. The van der Waals surface area contributed by atoms with Crippen molar-refractivity contribution in [1.82, 2.24) is 10.5 Å². The fraction of sp³-hybridized carbons (Fsp3) is 0.467. The van der Waals surface area contributed by atoms with Gasteiger partial charge in [-0.05, 0) is 43.0 Å². The summed E-state index contributed by atoms with van der Waals surface area (Å²) < 4.78 is 5.24. The third-order valence-electron chi connectivity index (χ3n) is 3.86. The van der Waals surface area contributed by atoms with Crippen LogP contribution in [-0.2, 0) is 0 Å². The van der Waals surface area contributed by atoms with E-state index in [2.05, 4.69) is 17.4 Å².